The fourth-order valence-electron chi connectivity index (χ4n) is 0. The molecule has 0 aliphatic heterocycles. The SMILES string of the molecule is CCO.CCO.CCO.CCO.CCO.CCO.CCO.CCO.CCO.CCO.CO. The van der Waals surface area contributed by atoms with Crippen molar-refractivity contribution in [3.05, 3.63) is 0 Å². The zero-order valence-corrected chi connectivity index (χ0v) is 23.0. The van der Waals surface area contributed by atoms with Crippen molar-refractivity contribution in [1.29, 1.82) is 0 Å². The van der Waals surface area contributed by atoms with Crippen LogP contribution < -0.4 is 0 Å². The van der Waals surface area contributed by atoms with E-state index in [1.54, 1.807) is 69.2 Å². The second-order valence-electron chi connectivity index (χ2n) is 3.16. The molecule has 0 heterocycles. The standard InChI is InChI=1S/10C2H6O.CH4O/c10*1-2-3;1-2/h10*3H,2H2,1H3;2H,1H3. The average Bonchev–Trinajstić information content (AvgIpc) is 2.69. The maximum absolute atomic E-state index is 7.57. The molecule has 0 fully saturated rings. The minimum Gasteiger partial charge on any atom is -0.400 e. The highest BCUT2D eigenvalue weighted by Crippen LogP contribution is 1.32. The normalized spacial score (nSPS) is 5.81. The van der Waals surface area contributed by atoms with Gasteiger partial charge >= 0.3 is 0 Å². The van der Waals surface area contributed by atoms with Crippen LogP contribution in [0.25, 0.3) is 0 Å². The van der Waals surface area contributed by atoms with E-state index in [0.717, 1.165) is 7.11 Å². The molecule has 0 spiro atoms. The highest BCUT2D eigenvalue weighted by molar-refractivity contribution is 3.86. The van der Waals surface area contributed by atoms with E-state index >= 15 is 0 Å². The monoisotopic (exact) mass is 492 g/mol. The van der Waals surface area contributed by atoms with E-state index in [-0.39, 0.29) is 66.1 Å². The summed E-state index contributed by atoms with van der Waals surface area (Å²) in [5.74, 6) is 0. The summed E-state index contributed by atoms with van der Waals surface area (Å²) in [5, 5.41) is 82.7. The Kier molecular flexibility index (Phi) is 637. The number of aliphatic hydroxyl groups excluding tert-OH is 11. The van der Waals surface area contributed by atoms with Crippen molar-refractivity contribution in [2.45, 2.75) is 69.2 Å². The zero-order valence-electron chi connectivity index (χ0n) is 23.0. The molecular formula is C21H64O11. The molecule has 0 saturated heterocycles. The van der Waals surface area contributed by atoms with Crippen molar-refractivity contribution in [3.8, 4) is 0 Å². The van der Waals surface area contributed by atoms with Gasteiger partial charge in [0.2, 0.25) is 0 Å². The first-order valence-corrected chi connectivity index (χ1v) is 10.7. The third-order valence-corrected chi connectivity index (χ3v) is 0. The summed E-state index contributed by atoms with van der Waals surface area (Å²) < 4.78 is 0. The van der Waals surface area contributed by atoms with Crippen LogP contribution in [0.15, 0.2) is 0 Å². The molecule has 0 aromatic carbocycles. The van der Waals surface area contributed by atoms with Crippen LogP contribution in [0.3, 0.4) is 0 Å². The Morgan fingerprint density at radius 1 is 0.219 bits per heavy atom. The lowest BCUT2D eigenvalue weighted by atomic mass is 10.9. The van der Waals surface area contributed by atoms with Gasteiger partial charge in [0.1, 0.15) is 0 Å². The number of hydrogen-bond acceptors (Lipinski definition) is 11. The minimum atomic E-state index is 0.250. The number of hydrogen-bond donors (Lipinski definition) is 11. The fourth-order valence-corrected chi connectivity index (χ4v) is 0. The zero-order chi connectivity index (χ0) is 29.1. The predicted molar refractivity (Wildman–Crippen MR) is 136 cm³/mol. The Bertz CT molecular complexity index is 62.9. The summed E-state index contributed by atoms with van der Waals surface area (Å²) in [6.45, 7) is 19.3. The van der Waals surface area contributed by atoms with E-state index in [0.29, 0.717) is 0 Å². The summed E-state index contributed by atoms with van der Waals surface area (Å²) in [5.41, 5.74) is 0. The highest BCUT2D eigenvalue weighted by Gasteiger charge is 1.37. The topological polar surface area (TPSA) is 223 Å². The molecule has 0 radical (unpaired) electrons. The van der Waals surface area contributed by atoms with Crippen LogP contribution in [0.2, 0.25) is 0 Å². The summed E-state index contributed by atoms with van der Waals surface area (Å²) >= 11 is 0. The van der Waals surface area contributed by atoms with Gasteiger partial charge in [-0.15, -0.1) is 0 Å². The molecule has 11 nitrogen and oxygen atoms in total. The Balaban J connectivity index is -0.0000000169. The molecule has 0 aromatic heterocycles. The van der Waals surface area contributed by atoms with Crippen LogP contribution in [-0.2, 0) is 0 Å². The third-order valence-electron chi connectivity index (χ3n) is 0. The lowest BCUT2D eigenvalue weighted by molar-refractivity contribution is 0.318. The lowest BCUT2D eigenvalue weighted by Crippen LogP contribution is -1.57. The Hall–Kier alpha value is -0.440. The van der Waals surface area contributed by atoms with Crippen LogP contribution >= 0.6 is 0 Å². The lowest BCUT2D eigenvalue weighted by Gasteiger charge is -1.52. The van der Waals surface area contributed by atoms with E-state index in [1.165, 1.54) is 0 Å². The van der Waals surface area contributed by atoms with Crippen molar-refractivity contribution in [3.63, 3.8) is 0 Å². The van der Waals surface area contributed by atoms with Gasteiger partial charge in [0.05, 0.1) is 0 Å². The van der Waals surface area contributed by atoms with Gasteiger partial charge in [-0.3, -0.25) is 0 Å². The van der Waals surface area contributed by atoms with E-state index < -0.39 is 0 Å². The van der Waals surface area contributed by atoms with Gasteiger partial charge < -0.3 is 56.2 Å². The number of rotatable bonds is 0. The van der Waals surface area contributed by atoms with E-state index in [1.807, 2.05) is 0 Å². The summed E-state index contributed by atoms with van der Waals surface area (Å²) in [7, 11) is 1.00. The van der Waals surface area contributed by atoms with Crippen molar-refractivity contribution in [2.24, 2.45) is 0 Å². The van der Waals surface area contributed by atoms with Crippen LogP contribution in [0.1, 0.15) is 69.2 Å². The van der Waals surface area contributed by atoms with Crippen LogP contribution in [0, 0.1) is 0 Å². The molecule has 214 valence electrons. The Morgan fingerprint density at radius 3 is 0.219 bits per heavy atom. The maximum atomic E-state index is 7.57. The fraction of sp³-hybridized carbons (Fsp3) is 1.00. The van der Waals surface area contributed by atoms with E-state index in [2.05, 4.69) is 0 Å². The molecule has 32 heavy (non-hydrogen) atoms. The molecule has 0 aliphatic carbocycles. The average molecular weight is 493 g/mol. The molecule has 0 unspecified atom stereocenters. The molecular weight excluding hydrogens is 428 g/mol. The van der Waals surface area contributed by atoms with Crippen molar-refractivity contribution in [1.82, 2.24) is 0 Å². The maximum Gasteiger partial charge on any atom is 0.0402 e. The third kappa shape index (κ3) is 125000. The highest BCUT2D eigenvalue weighted by atomic mass is 16.3. The first kappa shape index (κ1) is 69.7. The molecule has 0 rings (SSSR count). The smallest absolute Gasteiger partial charge is 0.0402 e. The molecule has 0 amide bonds. The Labute approximate surface area is 199 Å². The Morgan fingerprint density at radius 2 is 0.219 bits per heavy atom. The first-order valence-electron chi connectivity index (χ1n) is 10.7. The molecule has 0 aromatic rings. The van der Waals surface area contributed by atoms with Crippen molar-refractivity contribution >= 4 is 0 Å². The minimum absolute atomic E-state index is 0.250. The number of aliphatic hydroxyl groups is 11. The second kappa shape index (κ2) is 292. The molecule has 11 N–H and O–H groups in total. The van der Waals surface area contributed by atoms with Crippen LogP contribution in [0.4, 0.5) is 0 Å². The summed E-state index contributed by atoms with van der Waals surface area (Å²) in [6, 6.07) is 0. The van der Waals surface area contributed by atoms with Gasteiger partial charge in [-0.25, -0.2) is 0 Å². The largest absolute Gasteiger partial charge is 0.400 e. The molecule has 0 saturated carbocycles. The van der Waals surface area contributed by atoms with Gasteiger partial charge in [0, 0.05) is 73.2 Å². The molecule has 0 aliphatic rings. The van der Waals surface area contributed by atoms with Crippen molar-refractivity contribution < 1.29 is 56.2 Å². The van der Waals surface area contributed by atoms with Gasteiger partial charge in [0.25, 0.3) is 0 Å². The molecule has 11 heteroatoms. The van der Waals surface area contributed by atoms with Gasteiger partial charge in [-0.05, 0) is 69.2 Å². The van der Waals surface area contributed by atoms with Gasteiger partial charge in [0.15, 0.2) is 0 Å². The van der Waals surface area contributed by atoms with E-state index in [4.69, 9.17) is 56.2 Å². The quantitative estimate of drug-likeness (QED) is 0.208. The van der Waals surface area contributed by atoms with E-state index in [9.17, 15) is 0 Å². The summed E-state index contributed by atoms with van der Waals surface area (Å²) in [4.78, 5) is 0. The molecule has 0 bridgehead atoms. The summed E-state index contributed by atoms with van der Waals surface area (Å²) in [6.07, 6.45) is 0. The molecule has 0 atom stereocenters. The van der Waals surface area contributed by atoms with Gasteiger partial charge in [-0.1, -0.05) is 0 Å². The van der Waals surface area contributed by atoms with Crippen molar-refractivity contribution in [2.75, 3.05) is 73.2 Å². The van der Waals surface area contributed by atoms with Crippen LogP contribution in [0.5, 0.6) is 0 Å². The van der Waals surface area contributed by atoms with Crippen LogP contribution in [-0.4, -0.2) is 129 Å². The second-order valence-corrected chi connectivity index (χ2v) is 3.16. The predicted octanol–water partition coefficient (Wildman–Crippen LogP) is -0.405. The van der Waals surface area contributed by atoms with Gasteiger partial charge in [-0.2, -0.15) is 0 Å². The first-order chi connectivity index (χ1) is 15.1.